The van der Waals surface area contributed by atoms with Crippen LogP contribution in [-0.2, 0) is 17.9 Å². The van der Waals surface area contributed by atoms with E-state index in [2.05, 4.69) is 27.4 Å². The van der Waals surface area contributed by atoms with E-state index in [9.17, 15) is 0 Å². The molecule has 2 N–H and O–H groups in total. The minimum absolute atomic E-state index is 0.638. The van der Waals surface area contributed by atoms with E-state index >= 15 is 0 Å². The lowest BCUT2D eigenvalue weighted by Crippen LogP contribution is -2.00. The van der Waals surface area contributed by atoms with Gasteiger partial charge in [0.2, 0.25) is 0 Å². The molecule has 0 fully saturated rings. The Kier molecular flexibility index (Phi) is 3.77. The van der Waals surface area contributed by atoms with Crippen molar-refractivity contribution in [1.29, 1.82) is 0 Å². The second-order valence-electron chi connectivity index (χ2n) is 3.98. The van der Waals surface area contributed by atoms with Crippen molar-refractivity contribution in [3.05, 3.63) is 47.5 Å². The number of aryl methyl sites for hydroxylation is 1. The maximum atomic E-state index is 5.11. The molecule has 0 saturated heterocycles. The van der Waals surface area contributed by atoms with E-state index in [0.29, 0.717) is 6.61 Å². The summed E-state index contributed by atoms with van der Waals surface area (Å²) in [6, 6.07) is 8.21. The van der Waals surface area contributed by atoms with Gasteiger partial charge in [-0.25, -0.2) is 4.98 Å². The third-order valence-electron chi connectivity index (χ3n) is 2.48. The fraction of sp³-hybridized carbons (Fsp3) is 0.308. The molecule has 0 aliphatic heterocycles. The number of rotatable bonds is 5. The first-order valence-corrected chi connectivity index (χ1v) is 5.60. The predicted octanol–water partition coefficient (Wildman–Crippen LogP) is 2.48. The number of H-pyrrole nitrogens is 1. The van der Waals surface area contributed by atoms with Crippen LogP contribution in [-0.4, -0.2) is 17.1 Å². The van der Waals surface area contributed by atoms with E-state index in [0.717, 1.165) is 23.8 Å². The van der Waals surface area contributed by atoms with Crippen LogP contribution in [0, 0.1) is 6.92 Å². The lowest BCUT2D eigenvalue weighted by atomic mass is 10.2. The van der Waals surface area contributed by atoms with Crippen LogP contribution in [0.2, 0.25) is 0 Å². The molecule has 2 rings (SSSR count). The van der Waals surface area contributed by atoms with Gasteiger partial charge in [-0.2, -0.15) is 0 Å². The Labute approximate surface area is 101 Å². The van der Waals surface area contributed by atoms with Gasteiger partial charge >= 0.3 is 0 Å². The number of hydrogen-bond acceptors (Lipinski definition) is 3. The van der Waals surface area contributed by atoms with Crippen molar-refractivity contribution in [1.82, 2.24) is 9.97 Å². The maximum absolute atomic E-state index is 5.11. The van der Waals surface area contributed by atoms with Crippen LogP contribution in [0.5, 0.6) is 0 Å². The second-order valence-corrected chi connectivity index (χ2v) is 3.98. The Morgan fingerprint density at radius 1 is 1.41 bits per heavy atom. The zero-order valence-electron chi connectivity index (χ0n) is 10.2. The highest BCUT2D eigenvalue weighted by molar-refractivity contribution is 5.45. The van der Waals surface area contributed by atoms with Gasteiger partial charge in [0, 0.05) is 12.8 Å². The Bertz CT molecular complexity index is 479. The van der Waals surface area contributed by atoms with Gasteiger partial charge in [-0.3, -0.25) is 0 Å². The van der Waals surface area contributed by atoms with Crippen LogP contribution >= 0.6 is 0 Å². The molecule has 0 spiro atoms. The summed E-state index contributed by atoms with van der Waals surface area (Å²) in [5.74, 6) is 0.940. The Morgan fingerprint density at radius 3 is 3.00 bits per heavy atom. The number of anilines is 1. The summed E-state index contributed by atoms with van der Waals surface area (Å²) >= 11 is 0. The number of nitrogens with one attached hydrogen (secondary N) is 2. The molecule has 4 nitrogen and oxygen atoms in total. The van der Waals surface area contributed by atoms with Crippen LogP contribution in [0.25, 0.3) is 0 Å². The summed E-state index contributed by atoms with van der Waals surface area (Å²) in [4.78, 5) is 7.35. The van der Waals surface area contributed by atoms with E-state index in [1.807, 2.05) is 25.3 Å². The van der Waals surface area contributed by atoms with Gasteiger partial charge in [-0.15, -0.1) is 0 Å². The molecule has 1 aromatic carbocycles. The molecule has 0 amide bonds. The molecule has 0 radical (unpaired) electrons. The number of aromatic nitrogens is 2. The quantitative estimate of drug-likeness (QED) is 0.831. The number of hydrogen-bond donors (Lipinski definition) is 2. The van der Waals surface area contributed by atoms with Crippen LogP contribution in [0.3, 0.4) is 0 Å². The van der Waals surface area contributed by atoms with Gasteiger partial charge < -0.3 is 15.0 Å². The van der Waals surface area contributed by atoms with Gasteiger partial charge in [0.1, 0.15) is 5.82 Å². The fourth-order valence-corrected chi connectivity index (χ4v) is 1.70. The third-order valence-corrected chi connectivity index (χ3v) is 2.48. The highest BCUT2D eigenvalue weighted by Gasteiger charge is 1.98. The minimum atomic E-state index is 0.638. The zero-order valence-corrected chi connectivity index (χ0v) is 10.2. The SMILES string of the molecule is COCc1cccc(NCc2cnc(C)[nH]2)c1. The van der Waals surface area contributed by atoms with Gasteiger partial charge in [0.05, 0.1) is 25.0 Å². The standard InChI is InChI=1S/C13H17N3O/c1-10-14-7-13(16-10)8-15-12-5-3-4-11(6-12)9-17-2/h3-7,15H,8-9H2,1-2H3,(H,14,16). The molecule has 0 aliphatic carbocycles. The fourth-order valence-electron chi connectivity index (χ4n) is 1.70. The lowest BCUT2D eigenvalue weighted by molar-refractivity contribution is 0.185. The summed E-state index contributed by atoms with van der Waals surface area (Å²) in [7, 11) is 1.70. The molecular weight excluding hydrogens is 214 g/mol. The molecule has 0 saturated carbocycles. The van der Waals surface area contributed by atoms with Crippen molar-refractivity contribution < 1.29 is 4.74 Å². The monoisotopic (exact) mass is 231 g/mol. The predicted molar refractivity (Wildman–Crippen MR) is 67.8 cm³/mol. The summed E-state index contributed by atoms with van der Waals surface area (Å²) < 4.78 is 5.11. The van der Waals surface area contributed by atoms with Crippen molar-refractivity contribution in [2.24, 2.45) is 0 Å². The number of nitrogens with zero attached hydrogens (tertiary/aromatic N) is 1. The summed E-state index contributed by atoms with van der Waals surface area (Å²) in [5.41, 5.74) is 3.34. The average Bonchev–Trinajstić information content (AvgIpc) is 2.74. The summed E-state index contributed by atoms with van der Waals surface area (Å²) in [6.07, 6.45) is 1.85. The number of benzene rings is 1. The first kappa shape index (κ1) is 11.7. The van der Waals surface area contributed by atoms with Crippen LogP contribution in [0.4, 0.5) is 5.69 Å². The largest absolute Gasteiger partial charge is 0.380 e. The second kappa shape index (κ2) is 5.50. The molecule has 0 unspecified atom stereocenters. The summed E-state index contributed by atoms with van der Waals surface area (Å²) in [6.45, 7) is 3.33. The lowest BCUT2D eigenvalue weighted by Gasteiger charge is -2.07. The molecule has 1 aromatic heterocycles. The molecular formula is C13H17N3O. The van der Waals surface area contributed by atoms with Crippen LogP contribution in [0.1, 0.15) is 17.1 Å². The Balaban J connectivity index is 1.96. The normalized spacial score (nSPS) is 10.5. The highest BCUT2D eigenvalue weighted by Crippen LogP contribution is 2.12. The van der Waals surface area contributed by atoms with Crippen LogP contribution in [0.15, 0.2) is 30.5 Å². The van der Waals surface area contributed by atoms with Crippen molar-refractivity contribution in [2.45, 2.75) is 20.1 Å². The number of aromatic amines is 1. The number of imidazole rings is 1. The zero-order chi connectivity index (χ0) is 12.1. The van der Waals surface area contributed by atoms with Crippen molar-refractivity contribution in [2.75, 3.05) is 12.4 Å². The summed E-state index contributed by atoms with van der Waals surface area (Å²) in [5, 5.41) is 3.35. The van der Waals surface area contributed by atoms with Gasteiger partial charge in [-0.05, 0) is 24.6 Å². The van der Waals surface area contributed by atoms with Crippen molar-refractivity contribution in [3.8, 4) is 0 Å². The van der Waals surface area contributed by atoms with Gasteiger partial charge in [0.15, 0.2) is 0 Å². The number of ether oxygens (including phenoxy) is 1. The third kappa shape index (κ3) is 3.32. The van der Waals surface area contributed by atoms with E-state index in [-0.39, 0.29) is 0 Å². The highest BCUT2D eigenvalue weighted by atomic mass is 16.5. The average molecular weight is 231 g/mol. The maximum Gasteiger partial charge on any atom is 0.103 e. The Morgan fingerprint density at radius 2 is 2.29 bits per heavy atom. The smallest absolute Gasteiger partial charge is 0.103 e. The molecule has 90 valence electrons. The van der Waals surface area contributed by atoms with Gasteiger partial charge in [-0.1, -0.05) is 12.1 Å². The van der Waals surface area contributed by atoms with E-state index in [1.165, 1.54) is 5.56 Å². The topological polar surface area (TPSA) is 49.9 Å². The molecule has 4 heteroatoms. The van der Waals surface area contributed by atoms with E-state index in [1.54, 1.807) is 7.11 Å². The molecule has 2 aromatic rings. The van der Waals surface area contributed by atoms with Gasteiger partial charge in [0.25, 0.3) is 0 Å². The van der Waals surface area contributed by atoms with Crippen molar-refractivity contribution >= 4 is 5.69 Å². The molecule has 17 heavy (non-hydrogen) atoms. The van der Waals surface area contributed by atoms with Crippen LogP contribution < -0.4 is 5.32 Å². The first-order valence-electron chi connectivity index (χ1n) is 5.60. The molecule has 1 heterocycles. The van der Waals surface area contributed by atoms with E-state index < -0.39 is 0 Å². The molecule has 0 bridgehead atoms. The molecule has 0 atom stereocenters. The van der Waals surface area contributed by atoms with E-state index in [4.69, 9.17) is 4.74 Å². The minimum Gasteiger partial charge on any atom is -0.380 e. The first-order chi connectivity index (χ1) is 8.28. The molecule has 0 aliphatic rings. The van der Waals surface area contributed by atoms with Crippen molar-refractivity contribution in [3.63, 3.8) is 0 Å². The Hall–Kier alpha value is -1.81. The number of methoxy groups -OCH3 is 1.